The summed E-state index contributed by atoms with van der Waals surface area (Å²) in [5.41, 5.74) is 3.90. The number of nitrogens with zero attached hydrogens (tertiary/aromatic N) is 1. The number of rotatable bonds is 8. The van der Waals surface area contributed by atoms with Gasteiger partial charge in [0.05, 0.1) is 6.21 Å². The molecule has 7 heteroatoms. The lowest BCUT2D eigenvalue weighted by molar-refractivity contribution is -0.121. The molecule has 0 spiro atoms. The van der Waals surface area contributed by atoms with E-state index in [2.05, 4.69) is 15.8 Å². The van der Waals surface area contributed by atoms with Crippen molar-refractivity contribution in [3.05, 3.63) is 59.1 Å². The van der Waals surface area contributed by atoms with Crippen LogP contribution in [0.3, 0.4) is 0 Å². The Labute approximate surface area is 163 Å². The molecule has 2 amide bonds. The summed E-state index contributed by atoms with van der Waals surface area (Å²) in [6.07, 6.45) is 1.98. The molecule has 0 aliphatic heterocycles. The maximum absolute atomic E-state index is 11.9. The van der Waals surface area contributed by atoms with Crippen molar-refractivity contribution < 1.29 is 14.3 Å². The Morgan fingerprint density at radius 2 is 1.89 bits per heavy atom. The number of hydrogen-bond acceptors (Lipinski definition) is 4. The maximum Gasteiger partial charge on any atom is 0.262 e. The Bertz CT molecular complexity index is 804. The van der Waals surface area contributed by atoms with Gasteiger partial charge in [-0.25, -0.2) is 5.43 Å². The fourth-order valence-electron chi connectivity index (χ4n) is 2.16. The second-order valence-electron chi connectivity index (χ2n) is 6.31. The average molecular weight is 388 g/mol. The topological polar surface area (TPSA) is 79.8 Å². The smallest absolute Gasteiger partial charge is 0.262 e. The third-order valence-corrected chi connectivity index (χ3v) is 3.59. The number of amides is 2. The van der Waals surface area contributed by atoms with Crippen LogP contribution < -0.4 is 15.5 Å². The van der Waals surface area contributed by atoms with Crippen molar-refractivity contribution in [2.24, 2.45) is 11.0 Å². The summed E-state index contributed by atoms with van der Waals surface area (Å²) in [4.78, 5) is 23.4. The SMILES string of the molecule is CC(C)CC(=O)N/N=C\c1ccc(OCC(=O)Nc2cccc(Cl)c2)cc1. The van der Waals surface area contributed by atoms with Crippen LogP contribution in [-0.4, -0.2) is 24.6 Å². The van der Waals surface area contributed by atoms with Gasteiger partial charge in [0, 0.05) is 17.1 Å². The zero-order valence-corrected chi connectivity index (χ0v) is 16.0. The monoisotopic (exact) mass is 387 g/mol. The molecule has 0 aromatic heterocycles. The first kappa shape index (κ1) is 20.5. The summed E-state index contributed by atoms with van der Waals surface area (Å²) in [6.45, 7) is 3.82. The Balaban J connectivity index is 1.78. The van der Waals surface area contributed by atoms with Gasteiger partial charge >= 0.3 is 0 Å². The molecule has 0 saturated heterocycles. The molecular formula is C20H22ClN3O3. The Hall–Kier alpha value is -2.86. The van der Waals surface area contributed by atoms with E-state index in [0.29, 0.717) is 22.9 Å². The van der Waals surface area contributed by atoms with Crippen LogP contribution in [0.2, 0.25) is 5.02 Å². The molecule has 2 aromatic carbocycles. The molecule has 0 heterocycles. The summed E-state index contributed by atoms with van der Waals surface area (Å²) in [7, 11) is 0. The summed E-state index contributed by atoms with van der Waals surface area (Å²) >= 11 is 5.88. The highest BCUT2D eigenvalue weighted by Crippen LogP contribution is 2.15. The summed E-state index contributed by atoms with van der Waals surface area (Å²) in [5, 5.41) is 7.17. The number of carbonyl (C=O) groups excluding carboxylic acids is 2. The third-order valence-electron chi connectivity index (χ3n) is 3.35. The highest BCUT2D eigenvalue weighted by Gasteiger charge is 2.05. The summed E-state index contributed by atoms with van der Waals surface area (Å²) in [6, 6.07) is 13.9. The van der Waals surface area contributed by atoms with Crippen LogP contribution in [0.1, 0.15) is 25.8 Å². The number of hydrazone groups is 1. The highest BCUT2D eigenvalue weighted by atomic mass is 35.5. The zero-order valence-electron chi connectivity index (χ0n) is 15.2. The molecule has 0 saturated carbocycles. The fourth-order valence-corrected chi connectivity index (χ4v) is 2.35. The van der Waals surface area contributed by atoms with E-state index in [9.17, 15) is 9.59 Å². The van der Waals surface area contributed by atoms with E-state index in [1.165, 1.54) is 0 Å². The summed E-state index contributed by atoms with van der Waals surface area (Å²) < 4.78 is 5.45. The lowest BCUT2D eigenvalue weighted by atomic mass is 10.1. The molecule has 0 aliphatic carbocycles. The van der Waals surface area contributed by atoms with Gasteiger partial charge in [-0.05, 0) is 53.9 Å². The number of carbonyl (C=O) groups is 2. The molecule has 0 aliphatic rings. The van der Waals surface area contributed by atoms with Crippen molar-refractivity contribution in [2.45, 2.75) is 20.3 Å². The van der Waals surface area contributed by atoms with Crippen LogP contribution in [0.15, 0.2) is 53.6 Å². The van der Waals surface area contributed by atoms with Crippen LogP contribution in [0.4, 0.5) is 5.69 Å². The van der Waals surface area contributed by atoms with Gasteiger partial charge in [-0.2, -0.15) is 5.10 Å². The second-order valence-corrected chi connectivity index (χ2v) is 6.74. The van der Waals surface area contributed by atoms with E-state index >= 15 is 0 Å². The van der Waals surface area contributed by atoms with Crippen LogP contribution in [0, 0.1) is 5.92 Å². The Morgan fingerprint density at radius 1 is 1.15 bits per heavy atom. The fraction of sp³-hybridized carbons (Fsp3) is 0.250. The first-order valence-electron chi connectivity index (χ1n) is 8.52. The maximum atomic E-state index is 11.9. The van der Waals surface area contributed by atoms with Crippen LogP contribution >= 0.6 is 11.6 Å². The first-order chi connectivity index (χ1) is 12.9. The zero-order chi connectivity index (χ0) is 19.6. The van der Waals surface area contributed by atoms with Gasteiger partial charge in [0.25, 0.3) is 5.91 Å². The predicted molar refractivity (Wildman–Crippen MR) is 107 cm³/mol. The molecule has 0 unspecified atom stereocenters. The number of ether oxygens (including phenoxy) is 1. The van der Waals surface area contributed by atoms with Crippen molar-refractivity contribution in [1.29, 1.82) is 0 Å². The van der Waals surface area contributed by atoms with Gasteiger partial charge in [0.2, 0.25) is 5.91 Å². The van der Waals surface area contributed by atoms with Crippen molar-refractivity contribution in [2.75, 3.05) is 11.9 Å². The minimum atomic E-state index is -0.282. The predicted octanol–water partition coefficient (Wildman–Crippen LogP) is 3.85. The molecule has 2 aromatic rings. The Morgan fingerprint density at radius 3 is 2.56 bits per heavy atom. The number of hydrogen-bond donors (Lipinski definition) is 2. The van der Waals surface area contributed by atoms with E-state index in [4.69, 9.17) is 16.3 Å². The van der Waals surface area contributed by atoms with Gasteiger partial charge < -0.3 is 10.1 Å². The van der Waals surface area contributed by atoms with Gasteiger partial charge in [0.1, 0.15) is 5.75 Å². The van der Waals surface area contributed by atoms with Crippen molar-refractivity contribution in [3.8, 4) is 5.75 Å². The molecule has 0 bridgehead atoms. The normalized spacial score (nSPS) is 10.8. The van der Waals surface area contributed by atoms with E-state index in [1.54, 1.807) is 54.7 Å². The molecule has 0 fully saturated rings. The van der Waals surface area contributed by atoms with E-state index in [-0.39, 0.29) is 24.3 Å². The summed E-state index contributed by atoms with van der Waals surface area (Å²) in [5.74, 6) is 0.438. The molecule has 2 N–H and O–H groups in total. The van der Waals surface area contributed by atoms with Crippen molar-refractivity contribution in [3.63, 3.8) is 0 Å². The lowest BCUT2D eigenvalue weighted by Crippen LogP contribution is -2.20. The molecule has 2 rings (SSSR count). The van der Waals surface area contributed by atoms with E-state index in [0.717, 1.165) is 5.56 Å². The number of halogens is 1. The molecule has 27 heavy (non-hydrogen) atoms. The highest BCUT2D eigenvalue weighted by molar-refractivity contribution is 6.30. The second kappa shape index (κ2) is 10.3. The Kier molecular flexibility index (Phi) is 7.82. The molecule has 6 nitrogen and oxygen atoms in total. The van der Waals surface area contributed by atoms with Crippen molar-refractivity contribution >= 4 is 35.3 Å². The standard InChI is InChI=1S/C20H22ClN3O3/c1-14(2)10-19(25)24-22-12-15-6-8-18(9-7-15)27-13-20(26)23-17-5-3-4-16(21)11-17/h3-9,11-12,14H,10,13H2,1-2H3,(H,23,26)(H,24,25)/b22-12-. The van der Waals surface area contributed by atoms with E-state index < -0.39 is 0 Å². The van der Waals surface area contributed by atoms with Gasteiger partial charge in [-0.15, -0.1) is 0 Å². The minimum Gasteiger partial charge on any atom is -0.484 e. The molecule has 0 radical (unpaired) electrons. The first-order valence-corrected chi connectivity index (χ1v) is 8.90. The number of benzene rings is 2. The van der Waals surface area contributed by atoms with Gasteiger partial charge in [0.15, 0.2) is 6.61 Å². The van der Waals surface area contributed by atoms with E-state index in [1.807, 2.05) is 13.8 Å². The quantitative estimate of drug-likeness (QED) is 0.533. The van der Waals surface area contributed by atoms with Crippen molar-refractivity contribution in [1.82, 2.24) is 5.43 Å². The lowest BCUT2D eigenvalue weighted by Gasteiger charge is -2.08. The number of nitrogens with one attached hydrogen (secondary N) is 2. The van der Waals surface area contributed by atoms with Crippen LogP contribution in [0.25, 0.3) is 0 Å². The molecular weight excluding hydrogens is 366 g/mol. The van der Waals surface area contributed by atoms with Crippen LogP contribution in [0.5, 0.6) is 5.75 Å². The third kappa shape index (κ3) is 7.92. The molecule has 0 atom stereocenters. The molecule has 142 valence electrons. The van der Waals surface area contributed by atoms with Crippen LogP contribution in [-0.2, 0) is 9.59 Å². The average Bonchev–Trinajstić information content (AvgIpc) is 2.60. The van der Waals surface area contributed by atoms with Gasteiger partial charge in [-0.3, -0.25) is 9.59 Å². The van der Waals surface area contributed by atoms with Gasteiger partial charge in [-0.1, -0.05) is 31.5 Å². The largest absolute Gasteiger partial charge is 0.484 e. The minimum absolute atomic E-state index is 0.119. The number of anilines is 1.